The summed E-state index contributed by atoms with van der Waals surface area (Å²) in [7, 11) is 0. The van der Waals surface area contributed by atoms with Gasteiger partial charge in [-0.3, -0.25) is 24.1 Å². The number of hydrogen-bond donors (Lipinski definition) is 2. The number of allylic oxidation sites excluding steroid dienone is 1. The van der Waals surface area contributed by atoms with E-state index in [0.717, 1.165) is 13.1 Å². The summed E-state index contributed by atoms with van der Waals surface area (Å²) in [5, 5.41) is 12.6. The van der Waals surface area contributed by atoms with Crippen LogP contribution in [0, 0.1) is 11.8 Å². The second kappa shape index (κ2) is 14.4. The number of aliphatic hydroxyl groups is 1. The number of carbonyl (C=O) groups excluding carboxylic acids is 4. The lowest BCUT2D eigenvalue weighted by molar-refractivity contribution is -0.159. The van der Waals surface area contributed by atoms with Crippen LogP contribution >= 0.6 is 15.9 Å². The highest BCUT2D eigenvalue weighted by molar-refractivity contribution is 9.09. The van der Waals surface area contributed by atoms with Crippen molar-refractivity contribution in [3.8, 4) is 0 Å². The van der Waals surface area contributed by atoms with E-state index in [9.17, 15) is 24.3 Å². The van der Waals surface area contributed by atoms with E-state index < -0.39 is 47.6 Å². The van der Waals surface area contributed by atoms with Crippen molar-refractivity contribution in [1.82, 2.24) is 20.0 Å². The number of β-amino-alcohol motifs (C(OH)–C–C–N with tert-alkyl or cyclic N) is 1. The molecule has 0 aromatic carbocycles. The first kappa shape index (κ1) is 32.6. The van der Waals surface area contributed by atoms with Crippen LogP contribution in [0.3, 0.4) is 0 Å². The van der Waals surface area contributed by atoms with Gasteiger partial charge in [0.05, 0.1) is 44.3 Å². The molecule has 0 aliphatic carbocycles. The van der Waals surface area contributed by atoms with E-state index in [2.05, 4.69) is 39.3 Å². The molecule has 0 aromatic rings. The van der Waals surface area contributed by atoms with Gasteiger partial charge in [-0.1, -0.05) is 28.1 Å². The van der Waals surface area contributed by atoms with Crippen LogP contribution in [0.5, 0.6) is 0 Å². The molecule has 13 heteroatoms. The van der Waals surface area contributed by atoms with Crippen LogP contribution in [0.15, 0.2) is 25.3 Å². The van der Waals surface area contributed by atoms with Gasteiger partial charge in [0, 0.05) is 50.5 Å². The van der Waals surface area contributed by atoms with Crippen molar-refractivity contribution in [2.45, 2.75) is 54.9 Å². The van der Waals surface area contributed by atoms with Crippen molar-refractivity contribution in [2.75, 3.05) is 65.6 Å². The van der Waals surface area contributed by atoms with Gasteiger partial charge in [0.25, 0.3) is 0 Å². The molecular weight excluding hydrogens is 612 g/mol. The summed E-state index contributed by atoms with van der Waals surface area (Å²) < 4.78 is 17.6. The summed E-state index contributed by atoms with van der Waals surface area (Å²) >= 11 is 3.64. The maximum atomic E-state index is 14.3. The monoisotopic (exact) mass is 654 g/mol. The van der Waals surface area contributed by atoms with Crippen LogP contribution in [0.2, 0.25) is 0 Å². The Morgan fingerprint density at radius 2 is 2.00 bits per heavy atom. The van der Waals surface area contributed by atoms with Crippen LogP contribution in [0.1, 0.15) is 26.2 Å². The van der Waals surface area contributed by atoms with Gasteiger partial charge in [-0.05, 0) is 19.8 Å². The number of rotatable bonds is 15. The van der Waals surface area contributed by atoms with Gasteiger partial charge >= 0.3 is 5.97 Å². The molecule has 4 aliphatic rings. The van der Waals surface area contributed by atoms with Crippen LogP contribution in [-0.4, -0.2) is 138 Å². The Hall–Kier alpha value is -2.32. The number of likely N-dealkylation sites (tertiary alicyclic amines) is 1. The lowest BCUT2D eigenvalue weighted by atomic mass is 9.70. The molecule has 3 amide bonds. The third-order valence-electron chi connectivity index (χ3n) is 8.57. The number of nitrogens with zero attached hydrogens (tertiary/aromatic N) is 3. The molecule has 1 spiro atoms. The Kier molecular flexibility index (Phi) is 11.2. The van der Waals surface area contributed by atoms with Crippen molar-refractivity contribution >= 4 is 39.6 Å². The zero-order chi connectivity index (χ0) is 30.4. The number of esters is 1. The zero-order valence-corrected chi connectivity index (χ0v) is 25.8. The van der Waals surface area contributed by atoms with Gasteiger partial charge < -0.3 is 34.4 Å². The number of ether oxygens (including phenoxy) is 3. The predicted octanol–water partition coefficient (Wildman–Crippen LogP) is 0.0876. The number of aliphatic hydroxyl groups excluding tert-OH is 1. The first-order valence-electron chi connectivity index (χ1n) is 14.7. The fourth-order valence-electron chi connectivity index (χ4n) is 6.63. The SMILES string of the molecule is C=CCCC(=O)NC[C@H](C)OC(=O)[C@H]1[C@@H]2O[C@@]3(CC2Br)[C@@H]1C(=O)N(CCO)[C@@H]3C(=O)N(CC=C)CCN1CCOCC1. The first-order chi connectivity index (χ1) is 20.2. The van der Waals surface area contributed by atoms with Gasteiger partial charge in [-0.25, -0.2) is 0 Å². The van der Waals surface area contributed by atoms with Crippen molar-refractivity contribution < 1.29 is 38.5 Å². The van der Waals surface area contributed by atoms with E-state index in [4.69, 9.17) is 14.2 Å². The number of amides is 3. The maximum Gasteiger partial charge on any atom is 0.312 e. The molecule has 7 atom stereocenters. The third-order valence-corrected chi connectivity index (χ3v) is 9.41. The summed E-state index contributed by atoms with van der Waals surface area (Å²) in [6, 6.07) is -1.00. The molecule has 0 radical (unpaired) electrons. The molecule has 1 unspecified atom stereocenters. The van der Waals surface area contributed by atoms with Crippen LogP contribution in [-0.2, 0) is 33.4 Å². The van der Waals surface area contributed by atoms with Gasteiger partial charge in [0.1, 0.15) is 17.7 Å². The van der Waals surface area contributed by atoms with Crippen molar-refractivity contribution in [3.63, 3.8) is 0 Å². The lowest BCUT2D eigenvalue weighted by Gasteiger charge is -2.37. The summed E-state index contributed by atoms with van der Waals surface area (Å²) in [5.41, 5.74) is -1.24. The van der Waals surface area contributed by atoms with Gasteiger partial charge in [-0.2, -0.15) is 0 Å². The van der Waals surface area contributed by atoms with Crippen molar-refractivity contribution in [1.29, 1.82) is 0 Å². The number of halogens is 1. The summed E-state index contributed by atoms with van der Waals surface area (Å²) in [6.07, 6.45) is 3.20. The minimum Gasteiger partial charge on any atom is -0.460 e. The molecule has 4 aliphatic heterocycles. The smallest absolute Gasteiger partial charge is 0.312 e. The van der Waals surface area contributed by atoms with Crippen LogP contribution in [0.4, 0.5) is 0 Å². The van der Waals surface area contributed by atoms with E-state index >= 15 is 0 Å². The van der Waals surface area contributed by atoms with E-state index in [1.54, 1.807) is 24.0 Å². The fraction of sp³-hybridized carbons (Fsp3) is 0.724. The molecule has 4 saturated heterocycles. The highest BCUT2D eigenvalue weighted by Crippen LogP contribution is 2.60. The Bertz CT molecular complexity index is 1040. The quantitative estimate of drug-likeness (QED) is 0.143. The Labute approximate surface area is 255 Å². The van der Waals surface area contributed by atoms with Crippen molar-refractivity contribution in [2.24, 2.45) is 11.8 Å². The number of carbonyl (C=O) groups is 4. The Morgan fingerprint density at radius 3 is 2.67 bits per heavy atom. The first-order valence-corrected chi connectivity index (χ1v) is 15.6. The van der Waals surface area contributed by atoms with Crippen LogP contribution in [0.25, 0.3) is 0 Å². The molecular formula is C29H43BrN4O8. The van der Waals surface area contributed by atoms with Gasteiger partial charge in [-0.15, -0.1) is 13.2 Å². The topological polar surface area (TPSA) is 138 Å². The zero-order valence-electron chi connectivity index (χ0n) is 24.2. The van der Waals surface area contributed by atoms with E-state index in [-0.39, 0.29) is 42.9 Å². The molecule has 12 nitrogen and oxygen atoms in total. The second-order valence-electron chi connectivity index (χ2n) is 11.3. The molecule has 0 saturated carbocycles. The molecule has 0 aromatic heterocycles. The molecule has 2 N–H and O–H groups in total. The molecule has 2 bridgehead atoms. The summed E-state index contributed by atoms with van der Waals surface area (Å²) in [5.74, 6) is -3.34. The van der Waals surface area contributed by atoms with E-state index in [0.29, 0.717) is 45.6 Å². The number of fused-ring (bicyclic) bond motifs is 1. The molecule has 4 heterocycles. The van der Waals surface area contributed by atoms with Crippen LogP contribution < -0.4 is 5.32 Å². The third kappa shape index (κ3) is 6.59. The highest BCUT2D eigenvalue weighted by atomic mass is 79.9. The van der Waals surface area contributed by atoms with Gasteiger partial charge in [0.2, 0.25) is 17.7 Å². The minimum atomic E-state index is -1.24. The normalized spacial score (nSPS) is 31.0. The second-order valence-corrected chi connectivity index (χ2v) is 12.5. The number of morpholine rings is 1. The summed E-state index contributed by atoms with van der Waals surface area (Å²) in [4.78, 5) is 58.7. The van der Waals surface area contributed by atoms with Gasteiger partial charge in [0.15, 0.2) is 0 Å². The Morgan fingerprint density at radius 1 is 1.26 bits per heavy atom. The van der Waals surface area contributed by atoms with E-state index in [1.165, 1.54) is 4.90 Å². The average Bonchev–Trinajstić information content (AvgIpc) is 3.56. The summed E-state index contributed by atoms with van der Waals surface area (Å²) in [6.45, 7) is 13.0. The predicted molar refractivity (Wildman–Crippen MR) is 157 cm³/mol. The van der Waals surface area contributed by atoms with Crippen molar-refractivity contribution in [3.05, 3.63) is 25.3 Å². The number of hydrogen-bond acceptors (Lipinski definition) is 9. The fourth-order valence-corrected chi connectivity index (χ4v) is 7.57. The standard InChI is InChI=1S/C29H43BrN4O8/c1-4-6-7-21(36)31-18-19(3)41-28(39)22-23-26(37)34(11-14-35)25(29(23)17-20(30)24(22)42-29)27(38)33(8-5-2)10-9-32-12-15-40-16-13-32/h4-5,19-20,22-25,35H,1-2,6-18H2,3H3,(H,31,36)/t19-,20?,22+,23-,24+,25+,29-/m0/s1. The highest BCUT2D eigenvalue weighted by Gasteiger charge is 2.77. The molecule has 4 rings (SSSR count). The maximum absolute atomic E-state index is 14.3. The molecule has 42 heavy (non-hydrogen) atoms. The number of nitrogens with one attached hydrogen (secondary N) is 1. The van der Waals surface area contributed by atoms with E-state index in [1.807, 2.05) is 0 Å². The minimum absolute atomic E-state index is 0.0607. The Balaban J connectivity index is 1.52. The lowest BCUT2D eigenvalue weighted by Crippen LogP contribution is -2.58. The molecule has 234 valence electrons. The average molecular weight is 656 g/mol. The molecule has 4 fully saturated rings. The number of alkyl halides is 1. The largest absolute Gasteiger partial charge is 0.460 e.